The zero-order chi connectivity index (χ0) is 20.5. The number of carbonyl (C=O) groups is 1. The van der Waals surface area contributed by atoms with Gasteiger partial charge in [0.1, 0.15) is 16.9 Å². The van der Waals surface area contributed by atoms with Crippen molar-refractivity contribution in [2.45, 2.75) is 45.3 Å². The lowest BCUT2D eigenvalue weighted by Crippen LogP contribution is -2.57. The average molecular weight is 408 g/mol. The Morgan fingerprint density at radius 1 is 1.29 bits per heavy atom. The molecule has 8 heteroatoms. The Morgan fingerprint density at radius 2 is 2.00 bits per heavy atom. The molecule has 0 aromatic carbocycles. The summed E-state index contributed by atoms with van der Waals surface area (Å²) in [5, 5.41) is 2.15. The summed E-state index contributed by atoms with van der Waals surface area (Å²) in [7, 11) is 1.67. The van der Waals surface area contributed by atoms with Crippen molar-refractivity contribution in [1.82, 2.24) is 14.9 Å². The fourth-order valence-corrected chi connectivity index (χ4v) is 3.24. The van der Waals surface area contributed by atoms with Gasteiger partial charge in [0, 0.05) is 25.4 Å². The van der Waals surface area contributed by atoms with E-state index < -0.39 is 5.60 Å². The highest BCUT2D eigenvalue weighted by molar-refractivity contribution is 6.30. The summed E-state index contributed by atoms with van der Waals surface area (Å²) in [6.07, 6.45) is 3.00. The second-order valence-corrected chi connectivity index (χ2v) is 8.44. The lowest BCUT2D eigenvalue weighted by molar-refractivity contribution is -0.0228. The van der Waals surface area contributed by atoms with Crippen LogP contribution in [0.2, 0.25) is 5.15 Å². The van der Waals surface area contributed by atoms with Crippen LogP contribution in [-0.4, -0.2) is 59.5 Å². The van der Waals surface area contributed by atoms with Crippen LogP contribution in [0.1, 0.15) is 39.2 Å². The number of ether oxygens (including phenoxy) is 3. The Morgan fingerprint density at radius 3 is 2.64 bits per heavy atom. The van der Waals surface area contributed by atoms with E-state index in [1.807, 2.05) is 26.8 Å². The van der Waals surface area contributed by atoms with E-state index in [0.29, 0.717) is 30.7 Å². The molecule has 1 saturated heterocycles. The normalized spacial score (nSPS) is 16.0. The topological polar surface area (TPSA) is 73.8 Å². The van der Waals surface area contributed by atoms with Gasteiger partial charge in [-0.15, -0.1) is 0 Å². The smallest absolute Gasteiger partial charge is 0.410 e. The summed E-state index contributed by atoms with van der Waals surface area (Å²) in [6, 6.07) is 1.82. The van der Waals surface area contributed by atoms with Gasteiger partial charge in [-0.1, -0.05) is 18.5 Å². The zero-order valence-corrected chi connectivity index (χ0v) is 17.6. The molecule has 7 nitrogen and oxygen atoms in total. The molecule has 152 valence electrons. The number of halogens is 1. The number of amides is 1. The van der Waals surface area contributed by atoms with Crippen LogP contribution in [0.4, 0.5) is 4.79 Å². The molecular weight excluding hydrogens is 382 g/mol. The van der Waals surface area contributed by atoms with Gasteiger partial charge in [-0.05, 0) is 37.8 Å². The third kappa shape index (κ3) is 4.64. The SMILES string of the molecule is COCC(C)c1cnc(OC2CN(C(=O)OC(C)(C)C)C2)c2cnc(Cl)cc12. The Bertz CT molecular complexity index is 862. The number of hydrogen-bond acceptors (Lipinski definition) is 6. The number of nitrogens with zero attached hydrogens (tertiary/aromatic N) is 3. The second kappa shape index (κ2) is 8.09. The van der Waals surface area contributed by atoms with E-state index in [2.05, 4.69) is 16.9 Å². The van der Waals surface area contributed by atoms with Crippen LogP contribution < -0.4 is 4.74 Å². The number of hydrogen-bond donors (Lipinski definition) is 0. The number of pyridine rings is 2. The van der Waals surface area contributed by atoms with E-state index >= 15 is 0 Å². The predicted molar refractivity (Wildman–Crippen MR) is 107 cm³/mol. The molecule has 3 rings (SSSR count). The van der Waals surface area contributed by atoms with Crippen molar-refractivity contribution < 1.29 is 19.0 Å². The van der Waals surface area contributed by atoms with Gasteiger partial charge in [0.2, 0.25) is 5.88 Å². The van der Waals surface area contributed by atoms with Crippen molar-refractivity contribution in [2.75, 3.05) is 26.8 Å². The van der Waals surface area contributed by atoms with Gasteiger partial charge in [-0.3, -0.25) is 0 Å². The molecule has 1 atom stereocenters. The Kier molecular flexibility index (Phi) is 5.95. The van der Waals surface area contributed by atoms with Crippen molar-refractivity contribution in [2.24, 2.45) is 0 Å². The van der Waals surface area contributed by atoms with Crippen molar-refractivity contribution >= 4 is 28.5 Å². The molecule has 2 aromatic rings. The van der Waals surface area contributed by atoms with Gasteiger partial charge in [0.15, 0.2) is 0 Å². The highest BCUT2D eigenvalue weighted by Gasteiger charge is 2.35. The van der Waals surface area contributed by atoms with E-state index in [1.165, 1.54) is 0 Å². The molecular formula is C20H26ClN3O4. The number of methoxy groups -OCH3 is 1. The Balaban J connectivity index is 1.75. The number of fused-ring (bicyclic) bond motifs is 1. The largest absolute Gasteiger partial charge is 0.470 e. The fraction of sp³-hybridized carbons (Fsp3) is 0.550. The molecule has 1 aliphatic heterocycles. The monoisotopic (exact) mass is 407 g/mol. The lowest BCUT2D eigenvalue weighted by atomic mass is 9.98. The van der Waals surface area contributed by atoms with Crippen molar-refractivity contribution in [3.8, 4) is 5.88 Å². The van der Waals surface area contributed by atoms with Crippen molar-refractivity contribution in [1.29, 1.82) is 0 Å². The maximum absolute atomic E-state index is 12.1. The summed E-state index contributed by atoms with van der Waals surface area (Å²) in [5.74, 6) is 0.639. The maximum atomic E-state index is 12.1. The molecule has 0 aliphatic carbocycles. The summed E-state index contributed by atoms with van der Waals surface area (Å²) in [6.45, 7) is 9.10. The number of likely N-dealkylation sites (tertiary alicyclic amines) is 1. The minimum Gasteiger partial charge on any atom is -0.470 e. The van der Waals surface area contributed by atoms with Gasteiger partial charge >= 0.3 is 6.09 Å². The molecule has 0 N–H and O–H groups in total. The molecule has 1 unspecified atom stereocenters. The first kappa shape index (κ1) is 20.6. The first-order valence-corrected chi connectivity index (χ1v) is 9.63. The van der Waals surface area contributed by atoms with Crippen LogP contribution in [0.25, 0.3) is 10.8 Å². The van der Waals surface area contributed by atoms with Gasteiger partial charge in [0.05, 0.1) is 25.1 Å². The van der Waals surface area contributed by atoms with E-state index in [4.69, 9.17) is 25.8 Å². The second-order valence-electron chi connectivity index (χ2n) is 8.05. The fourth-order valence-electron chi connectivity index (χ4n) is 3.08. The number of carbonyl (C=O) groups excluding carboxylic acids is 1. The summed E-state index contributed by atoms with van der Waals surface area (Å²) in [5.41, 5.74) is 0.512. The first-order chi connectivity index (χ1) is 13.2. The lowest BCUT2D eigenvalue weighted by Gasteiger charge is -2.39. The van der Waals surface area contributed by atoms with Gasteiger partial charge in [-0.25, -0.2) is 14.8 Å². The summed E-state index contributed by atoms with van der Waals surface area (Å²) >= 11 is 6.11. The van der Waals surface area contributed by atoms with Crippen LogP contribution in [0.3, 0.4) is 0 Å². The molecule has 2 aromatic heterocycles. The van der Waals surface area contributed by atoms with Crippen molar-refractivity contribution in [3.63, 3.8) is 0 Å². The molecule has 28 heavy (non-hydrogen) atoms. The highest BCUT2D eigenvalue weighted by atomic mass is 35.5. The van der Waals surface area contributed by atoms with Gasteiger partial charge in [-0.2, -0.15) is 0 Å². The third-order valence-electron chi connectivity index (χ3n) is 4.46. The summed E-state index contributed by atoms with van der Waals surface area (Å²) in [4.78, 5) is 22.4. The molecule has 0 saturated carbocycles. The van der Waals surface area contributed by atoms with E-state index in [0.717, 1.165) is 16.3 Å². The van der Waals surface area contributed by atoms with Crippen LogP contribution >= 0.6 is 11.6 Å². The molecule has 1 fully saturated rings. The standard InChI is InChI=1S/C20H26ClN3O4/c1-12(11-26-5)15-7-23-18(16-8-22-17(21)6-14(15)16)27-13-9-24(10-13)19(25)28-20(2,3)4/h6-8,12-13H,9-11H2,1-5H3. The van der Waals surface area contributed by atoms with Crippen molar-refractivity contribution in [3.05, 3.63) is 29.2 Å². The van der Waals surface area contributed by atoms with Gasteiger partial charge in [0.25, 0.3) is 0 Å². The minimum absolute atomic E-state index is 0.138. The van der Waals surface area contributed by atoms with E-state index in [1.54, 1.807) is 24.4 Å². The average Bonchev–Trinajstić information content (AvgIpc) is 2.55. The quantitative estimate of drug-likeness (QED) is 0.696. The predicted octanol–water partition coefficient (Wildman–Crippen LogP) is 4.03. The third-order valence-corrected chi connectivity index (χ3v) is 4.67. The van der Waals surface area contributed by atoms with E-state index in [-0.39, 0.29) is 18.1 Å². The molecule has 0 radical (unpaired) electrons. The number of rotatable bonds is 5. The first-order valence-electron chi connectivity index (χ1n) is 9.25. The molecule has 1 aliphatic rings. The zero-order valence-electron chi connectivity index (χ0n) is 16.9. The van der Waals surface area contributed by atoms with Crippen LogP contribution in [0, 0.1) is 0 Å². The van der Waals surface area contributed by atoms with Crippen LogP contribution in [-0.2, 0) is 9.47 Å². The maximum Gasteiger partial charge on any atom is 0.410 e. The summed E-state index contributed by atoms with van der Waals surface area (Å²) < 4.78 is 16.7. The molecule has 0 bridgehead atoms. The number of aromatic nitrogens is 2. The van der Waals surface area contributed by atoms with Crippen LogP contribution in [0.5, 0.6) is 5.88 Å². The van der Waals surface area contributed by atoms with E-state index in [9.17, 15) is 4.79 Å². The molecule has 0 spiro atoms. The Hall–Kier alpha value is -2.12. The molecule has 1 amide bonds. The Labute approximate surface area is 169 Å². The van der Waals surface area contributed by atoms with Gasteiger partial charge < -0.3 is 19.1 Å². The molecule has 3 heterocycles. The highest BCUT2D eigenvalue weighted by Crippen LogP contribution is 2.33. The van der Waals surface area contributed by atoms with Crippen LogP contribution in [0.15, 0.2) is 18.5 Å². The minimum atomic E-state index is -0.513.